The highest BCUT2D eigenvalue weighted by Crippen LogP contribution is 2.10. The van der Waals surface area contributed by atoms with E-state index >= 15 is 0 Å². The molecule has 1 aromatic rings. The van der Waals surface area contributed by atoms with Crippen molar-refractivity contribution >= 4 is 11.9 Å². The number of benzene rings is 1. The lowest BCUT2D eigenvalue weighted by molar-refractivity contribution is 0.0486. The van der Waals surface area contributed by atoms with Gasteiger partial charge in [0.05, 0.1) is 24.3 Å². The van der Waals surface area contributed by atoms with Crippen molar-refractivity contribution in [3.63, 3.8) is 0 Å². The van der Waals surface area contributed by atoms with Crippen LogP contribution in [0.5, 0.6) is 0 Å². The fourth-order valence-corrected chi connectivity index (χ4v) is 2.50. The Bertz CT molecular complexity index is 493. The van der Waals surface area contributed by atoms with Gasteiger partial charge in [0.25, 0.3) is 0 Å². The van der Waals surface area contributed by atoms with Crippen LogP contribution in [0.3, 0.4) is 0 Å². The first kappa shape index (κ1) is 21.2. The maximum Gasteiger partial charge on any atom is 0.338 e. The zero-order valence-corrected chi connectivity index (χ0v) is 15.7. The third-order valence-electron chi connectivity index (χ3n) is 4.02. The van der Waals surface area contributed by atoms with Crippen LogP contribution in [-0.2, 0) is 9.47 Å². The van der Waals surface area contributed by atoms with Gasteiger partial charge in [-0.3, -0.25) is 0 Å². The van der Waals surface area contributed by atoms with E-state index in [0.717, 1.165) is 19.3 Å². The molecule has 0 spiro atoms. The van der Waals surface area contributed by atoms with Gasteiger partial charge in [0, 0.05) is 0 Å². The van der Waals surface area contributed by atoms with Crippen LogP contribution in [0.1, 0.15) is 92.4 Å². The van der Waals surface area contributed by atoms with Crippen molar-refractivity contribution in [3.8, 4) is 0 Å². The third-order valence-corrected chi connectivity index (χ3v) is 4.02. The number of hydrogen-bond acceptors (Lipinski definition) is 4. The lowest BCUT2D eigenvalue weighted by atomic mass is 10.1. The Morgan fingerprint density at radius 3 is 1.56 bits per heavy atom. The van der Waals surface area contributed by atoms with Crippen LogP contribution in [0.2, 0.25) is 0 Å². The lowest BCUT2D eigenvalue weighted by Gasteiger charge is -2.06. The minimum atomic E-state index is -0.360. The summed E-state index contributed by atoms with van der Waals surface area (Å²) in [6.07, 6.45) is 10.5. The fraction of sp³-hybridized carbons (Fsp3) is 0.619. The second kappa shape index (κ2) is 13.5. The van der Waals surface area contributed by atoms with Crippen molar-refractivity contribution in [1.29, 1.82) is 0 Å². The Morgan fingerprint density at radius 2 is 1.08 bits per heavy atom. The van der Waals surface area contributed by atoms with Crippen molar-refractivity contribution in [2.45, 2.75) is 71.6 Å². The van der Waals surface area contributed by atoms with Gasteiger partial charge in [-0.1, -0.05) is 58.8 Å². The van der Waals surface area contributed by atoms with Crippen LogP contribution in [-0.4, -0.2) is 25.2 Å². The Hall–Kier alpha value is -1.84. The summed E-state index contributed by atoms with van der Waals surface area (Å²) in [5.74, 6) is -0.697. The Labute approximate surface area is 151 Å². The molecule has 0 aliphatic rings. The van der Waals surface area contributed by atoms with Crippen molar-refractivity contribution < 1.29 is 19.1 Å². The van der Waals surface area contributed by atoms with Crippen LogP contribution < -0.4 is 0 Å². The Balaban J connectivity index is 2.19. The fourth-order valence-electron chi connectivity index (χ4n) is 2.50. The highest BCUT2D eigenvalue weighted by atomic mass is 16.5. The van der Waals surface area contributed by atoms with Crippen LogP contribution >= 0.6 is 0 Å². The summed E-state index contributed by atoms with van der Waals surface area (Å²) >= 11 is 0. The standard InChI is InChI=1S/C21H32O4/c1-3-5-6-7-8-9-10-11-17-25-21(23)19-14-12-18(13-15-19)20(22)24-16-4-2/h12-15H,3-11,16-17H2,1-2H3. The topological polar surface area (TPSA) is 52.6 Å². The molecule has 25 heavy (non-hydrogen) atoms. The van der Waals surface area contributed by atoms with Crippen LogP contribution in [0.15, 0.2) is 24.3 Å². The summed E-state index contributed by atoms with van der Waals surface area (Å²) in [5, 5.41) is 0. The zero-order chi connectivity index (χ0) is 18.3. The second-order valence-electron chi connectivity index (χ2n) is 6.32. The van der Waals surface area contributed by atoms with Crippen molar-refractivity contribution in [1.82, 2.24) is 0 Å². The number of carbonyl (C=O) groups is 2. The zero-order valence-electron chi connectivity index (χ0n) is 15.7. The van der Waals surface area contributed by atoms with Crippen LogP contribution in [0.25, 0.3) is 0 Å². The molecule has 0 bridgehead atoms. The van der Waals surface area contributed by atoms with E-state index in [0.29, 0.717) is 24.3 Å². The summed E-state index contributed by atoms with van der Waals surface area (Å²) in [6.45, 7) is 5.02. The van der Waals surface area contributed by atoms with E-state index in [1.165, 1.54) is 38.5 Å². The summed E-state index contributed by atoms with van der Waals surface area (Å²) < 4.78 is 10.3. The van der Waals surface area contributed by atoms with Crippen LogP contribution in [0.4, 0.5) is 0 Å². The van der Waals surface area contributed by atoms with E-state index in [4.69, 9.17) is 9.47 Å². The predicted molar refractivity (Wildman–Crippen MR) is 99.9 cm³/mol. The third kappa shape index (κ3) is 9.28. The Morgan fingerprint density at radius 1 is 0.640 bits per heavy atom. The highest BCUT2D eigenvalue weighted by molar-refractivity contribution is 5.93. The molecule has 0 aromatic heterocycles. The first-order valence-corrected chi connectivity index (χ1v) is 9.63. The smallest absolute Gasteiger partial charge is 0.338 e. The molecule has 0 heterocycles. The van der Waals surface area contributed by atoms with Gasteiger partial charge in [-0.25, -0.2) is 9.59 Å². The van der Waals surface area contributed by atoms with E-state index in [-0.39, 0.29) is 11.9 Å². The summed E-state index contributed by atoms with van der Waals surface area (Å²) in [6, 6.07) is 6.42. The van der Waals surface area contributed by atoms with E-state index in [2.05, 4.69) is 6.92 Å². The quantitative estimate of drug-likeness (QED) is 0.346. The van der Waals surface area contributed by atoms with E-state index in [1.54, 1.807) is 24.3 Å². The molecule has 0 N–H and O–H groups in total. The highest BCUT2D eigenvalue weighted by Gasteiger charge is 2.10. The number of esters is 2. The van der Waals surface area contributed by atoms with Gasteiger partial charge >= 0.3 is 11.9 Å². The van der Waals surface area contributed by atoms with E-state index < -0.39 is 0 Å². The maximum atomic E-state index is 12.0. The van der Waals surface area contributed by atoms with E-state index in [1.807, 2.05) is 6.92 Å². The second-order valence-corrected chi connectivity index (χ2v) is 6.32. The van der Waals surface area contributed by atoms with Gasteiger partial charge in [0.1, 0.15) is 0 Å². The molecule has 1 rings (SSSR count). The summed E-state index contributed by atoms with van der Waals surface area (Å²) in [5.41, 5.74) is 0.916. The van der Waals surface area contributed by atoms with Crippen molar-refractivity contribution in [3.05, 3.63) is 35.4 Å². The molecule has 0 fully saturated rings. The van der Waals surface area contributed by atoms with Gasteiger partial charge in [-0.15, -0.1) is 0 Å². The predicted octanol–water partition coefficient (Wildman–Crippen LogP) is 5.55. The lowest BCUT2D eigenvalue weighted by Crippen LogP contribution is -2.09. The number of unbranched alkanes of at least 4 members (excludes halogenated alkanes) is 7. The van der Waals surface area contributed by atoms with Crippen LogP contribution in [0, 0.1) is 0 Å². The van der Waals surface area contributed by atoms with Gasteiger partial charge < -0.3 is 9.47 Å². The minimum Gasteiger partial charge on any atom is -0.462 e. The van der Waals surface area contributed by atoms with Gasteiger partial charge in [0.15, 0.2) is 0 Å². The molecule has 0 saturated heterocycles. The molecule has 0 amide bonds. The molecule has 140 valence electrons. The van der Waals surface area contributed by atoms with Crippen molar-refractivity contribution in [2.75, 3.05) is 13.2 Å². The molecule has 4 nitrogen and oxygen atoms in total. The Kier molecular flexibility index (Phi) is 11.4. The number of rotatable bonds is 13. The molecule has 0 aliphatic carbocycles. The first-order chi connectivity index (χ1) is 12.2. The first-order valence-electron chi connectivity index (χ1n) is 9.63. The molecule has 4 heteroatoms. The number of carbonyl (C=O) groups excluding carboxylic acids is 2. The molecule has 0 radical (unpaired) electrons. The summed E-state index contributed by atoms with van der Waals surface area (Å²) in [4.78, 5) is 23.7. The van der Waals surface area contributed by atoms with Gasteiger partial charge in [-0.2, -0.15) is 0 Å². The van der Waals surface area contributed by atoms with E-state index in [9.17, 15) is 9.59 Å². The normalized spacial score (nSPS) is 10.5. The number of hydrogen-bond donors (Lipinski definition) is 0. The monoisotopic (exact) mass is 348 g/mol. The largest absolute Gasteiger partial charge is 0.462 e. The molecule has 0 atom stereocenters. The summed E-state index contributed by atoms with van der Waals surface area (Å²) in [7, 11) is 0. The molecule has 0 aliphatic heterocycles. The molecule has 0 unspecified atom stereocenters. The molecule has 0 saturated carbocycles. The SMILES string of the molecule is CCCCCCCCCCOC(=O)c1ccc(C(=O)OCCC)cc1. The maximum absolute atomic E-state index is 12.0. The van der Waals surface area contributed by atoms with Gasteiger partial charge in [0.2, 0.25) is 0 Å². The number of ether oxygens (including phenoxy) is 2. The molecular formula is C21H32O4. The van der Waals surface area contributed by atoms with Gasteiger partial charge in [-0.05, 0) is 37.1 Å². The average molecular weight is 348 g/mol. The molecular weight excluding hydrogens is 316 g/mol. The molecule has 1 aromatic carbocycles. The average Bonchev–Trinajstić information content (AvgIpc) is 2.64. The minimum absolute atomic E-state index is 0.337. The van der Waals surface area contributed by atoms with Crippen molar-refractivity contribution in [2.24, 2.45) is 0 Å².